The molecule has 0 radical (unpaired) electrons. The number of amides is 2. The molecular weight excluding hydrogens is 380 g/mol. The third-order valence-corrected chi connectivity index (χ3v) is 6.03. The highest BCUT2D eigenvalue weighted by Crippen LogP contribution is 2.25. The van der Waals surface area contributed by atoms with Crippen molar-refractivity contribution in [3.8, 4) is 0 Å². The minimum Gasteiger partial charge on any atom is -0.351 e. The van der Waals surface area contributed by atoms with Crippen LogP contribution >= 0.6 is 0 Å². The standard InChI is InChI=1S/C23H22N4O3/c28-21-11-16-12-26(13-20(16)24-21)22(29)14-27-23(30)18-9-5-4-8-17(18)19(25-27)10-15-6-2-1-3-7-15/h1-9,16,20H,10-14H2,(H,24,28)/t16-,20+/m0/s1. The Morgan fingerprint density at radius 2 is 1.73 bits per heavy atom. The lowest BCUT2D eigenvalue weighted by Crippen LogP contribution is -2.39. The molecule has 2 amide bonds. The first-order chi connectivity index (χ1) is 14.6. The van der Waals surface area contributed by atoms with E-state index in [9.17, 15) is 14.4 Å². The first-order valence-corrected chi connectivity index (χ1v) is 10.2. The smallest absolute Gasteiger partial charge is 0.275 e. The van der Waals surface area contributed by atoms with Crippen molar-refractivity contribution >= 4 is 22.6 Å². The van der Waals surface area contributed by atoms with Gasteiger partial charge in [0.1, 0.15) is 6.54 Å². The topological polar surface area (TPSA) is 84.3 Å². The average molecular weight is 402 g/mol. The van der Waals surface area contributed by atoms with Gasteiger partial charge in [-0.05, 0) is 11.6 Å². The molecule has 0 saturated carbocycles. The predicted molar refractivity (Wildman–Crippen MR) is 112 cm³/mol. The van der Waals surface area contributed by atoms with E-state index in [0.29, 0.717) is 31.3 Å². The number of nitrogens with one attached hydrogen (secondary N) is 1. The molecule has 2 atom stereocenters. The number of hydrogen-bond donors (Lipinski definition) is 1. The van der Waals surface area contributed by atoms with Crippen molar-refractivity contribution in [2.24, 2.45) is 5.92 Å². The zero-order valence-corrected chi connectivity index (χ0v) is 16.5. The molecule has 0 spiro atoms. The van der Waals surface area contributed by atoms with Crippen molar-refractivity contribution in [1.82, 2.24) is 20.0 Å². The van der Waals surface area contributed by atoms with Crippen molar-refractivity contribution < 1.29 is 9.59 Å². The quantitative estimate of drug-likeness (QED) is 0.714. The third-order valence-electron chi connectivity index (χ3n) is 6.03. The zero-order chi connectivity index (χ0) is 20.7. The van der Waals surface area contributed by atoms with E-state index in [-0.39, 0.29) is 35.9 Å². The summed E-state index contributed by atoms with van der Waals surface area (Å²) in [4.78, 5) is 39.1. The summed E-state index contributed by atoms with van der Waals surface area (Å²) in [5.41, 5.74) is 1.60. The fraction of sp³-hybridized carbons (Fsp3) is 0.304. The van der Waals surface area contributed by atoms with Crippen LogP contribution < -0.4 is 10.9 Å². The second-order valence-electron chi connectivity index (χ2n) is 8.05. The zero-order valence-electron chi connectivity index (χ0n) is 16.5. The largest absolute Gasteiger partial charge is 0.351 e. The van der Waals surface area contributed by atoms with Gasteiger partial charge in [0.25, 0.3) is 5.56 Å². The van der Waals surface area contributed by atoms with Crippen LogP contribution in [0.15, 0.2) is 59.4 Å². The van der Waals surface area contributed by atoms with Crippen molar-refractivity contribution in [3.63, 3.8) is 0 Å². The summed E-state index contributed by atoms with van der Waals surface area (Å²) >= 11 is 0. The Morgan fingerprint density at radius 3 is 2.50 bits per heavy atom. The Bertz CT molecular complexity index is 1170. The first kappa shape index (κ1) is 18.5. The fourth-order valence-electron chi connectivity index (χ4n) is 4.51. The van der Waals surface area contributed by atoms with E-state index in [0.717, 1.165) is 16.6 Å². The van der Waals surface area contributed by atoms with Crippen LogP contribution in [-0.2, 0) is 22.6 Å². The van der Waals surface area contributed by atoms with Gasteiger partial charge < -0.3 is 10.2 Å². The molecule has 2 fully saturated rings. The monoisotopic (exact) mass is 402 g/mol. The molecule has 3 aromatic rings. The second kappa shape index (κ2) is 7.40. The molecule has 1 aromatic heterocycles. The first-order valence-electron chi connectivity index (χ1n) is 10.2. The van der Waals surface area contributed by atoms with Gasteiger partial charge in [0, 0.05) is 37.2 Å². The van der Waals surface area contributed by atoms with E-state index in [2.05, 4.69) is 10.4 Å². The second-order valence-corrected chi connectivity index (χ2v) is 8.05. The Morgan fingerprint density at radius 1 is 1.00 bits per heavy atom. The summed E-state index contributed by atoms with van der Waals surface area (Å²) in [7, 11) is 0. The van der Waals surface area contributed by atoms with E-state index >= 15 is 0 Å². The van der Waals surface area contributed by atoms with Crippen LogP contribution in [0.3, 0.4) is 0 Å². The number of carbonyl (C=O) groups is 2. The van der Waals surface area contributed by atoms with Crippen molar-refractivity contribution in [2.75, 3.05) is 13.1 Å². The highest BCUT2D eigenvalue weighted by atomic mass is 16.2. The predicted octanol–water partition coefficient (Wildman–Crippen LogP) is 1.33. The van der Waals surface area contributed by atoms with Crippen molar-refractivity contribution in [2.45, 2.75) is 25.4 Å². The summed E-state index contributed by atoms with van der Waals surface area (Å²) in [6, 6.07) is 17.4. The van der Waals surface area contributed by atoms with E-state index in [1.807, 2.05) is 48.5 Å². The molecule has 2 aliphatic rings. The number of carbonyl (C=O) groups excluding carboxylic acids is 2. The number of benzene rings is 2. The van der Waals surface area contributed by atoms with Gasteiger partial charge in [0.15, 0.2) is 0 Å². The lowest BCUT2D eigenvalue weighted by Gasteiger charge is -2.18. The van der Waals surface area contributed by atoms with Crippen LogP contribution in [0, 0.1) is 5.92 Å². The van der Waals surface area contributed by atoms with Crippen LogP contribution in [-0.4, -0.2) is 45.6 Å². The molecule has 2 aliphatic heterocycles. The lowest BCUT2D eigenvalue weighted by atomic mass is 10.0. The average Bonchev–Trinajstić information content (AvgIpc) is 3.30. The number of hydrogen-bond acceptors (Lipinski definition) is 4. The van der Waals surface area contributed by atoms with E-state index in [4.69, 9.17) is 0 Å². The maximum atomic E-state index is 13.0. The molecular formula is C23H22N4O3. The van der Waals surface area contributed by atoms with Gasteiger partial charge in [0.05, 0.1) is 17.1 Å². The van der Waals surface area contributed by atoms with E-state index in [1.165, 1.54) is 4.68 Å². The molecule has 3 heterocycles. The Kier molecular flexibility index (Phi) is 4.58. The normalized spacial score (nSPS) is 20.4. The molecule has 0 bridgehead atoms. The molecule has 2 saturated heterocycles. The highest BCUT2D eigenvalue weighted by Gasteiger charge is 2.41. The van der Waals surface area contributed by atoms with Crippen LogP contribution in [0.4, 0.5) is 0 Å². The van der Waals surface area contributed by atoms with Gasteiger partial charge in [-0.25, -0.2) is 4.68 Å². The number of likely N-dealkylation sites (tertiary alicyclic amines) is 1. The molecule has 30 heavy (non-hydrogen) atoms. The Hall–Kier alpha value is -3.48. The summed E-state index contributed by atoms with van der Waals surface area (Å²) in [6.07, 6.45) is 1.04. The molecule has 152 valence electrons. The van der Waals surface area contributed by atoms with Crippen molar-refractivity contribution in [3.05, 3.63) is 76.2 Å². The van der Waals surface area contributed by atoms with Crippen molar-refractivity contribution in [1.29, 1.82) is 0 Å². The van der Waals surface area contributed by atoms with Gasteiger partial charge in [-0.2, -0.15) is 5.10 Å². The Balaban J connectivity index is 1.44. The summed E-state index contributed by atoms with van der Waals surface area (Å²) < 4.78 is 1.29. The van der Waals surface area contributed by atoms with Gasteiger partial charge in [0.2, 0.25) is 11.8 Å². The van der Waals surface area contributed by atoms with E-state index < -0.39 is 0 Å². The fourth-order valence-corrected chi connectivity index (χ4v) is 4.51. The van der Waals surface area contributed by atoms with Gasteiger partial charge >= 0.3 is 0 Å². The molecule has 1 N–H and O–H groups in total. The van der Waals surface area contributed by atoms with Gasteiger partial charge in [-0.3, -0.25) is 14.4 Å². The third kappa shape index (κ3) is 3.36. The number of nitrogens with zero attached hydrogens (tertiary/aromatic N) is 3. The van der Waals surface area contributed by atoms with Gasteiger partial charge in [-0.15, -0.1) is 0 Å². The van der Waals surface area contributed by atoms with Crippen LogP contribution in [0.2, 0.25) is 0 Å². The summed E-state index contributed by atoms with van der Waals surface area (Å²) in [5.74, 6) is 0.0700. The lowest BCUT2D eigenvalue weighted by molar-refractivity contribution is -0.132. The molecule has 7 nitrogen and oxygen atoms in total. The van der Waals surface area contributed by atoms with Gasteiger partial charge in [-0.1, -0.05) is 48.5 Å². The summed E-state index contributed by atoms with van der Waals surface area (Å²) in [6.45, 7) is 0.939. The summed E-state index contributed by atoms with van der Waals surface area (Å²) in [5, 5.41) is 8.88. The molecule has 0 aliphatic carbocycles. The van der Waals surface area contributed by atoms with Crippen LogP contribution in [0.25, 0.3) is 10.8 Å². The van der Waals surface area contributed by atoms with Crippen LogP contribution in [0.5, 0.6) is 0 Å². The number of aromatic nitrogens is 2. The molecule has 7 heteroatoms. The molecule has 2 aromatic carbocycles. The minimum atomic E-state index is -0.261. The Labute approximate surface area is 173 Å². The van der Waals surface area contributed by atoms with E-state index in [1.54, 1.807) is 11.0 Å². The number of fused-ring (bicyclic) bond motifs is 2. The maximum absolute atomic E-state index is 13.0. The molecule has 5 rings (SSSR count). The highest BCUT2D eigenvalue weighted by molar-refractivity contribution is 5.84. The molecule has 0 unspecified atom stereocenters. The minimum absolute atomic E-state index is 0.0244. The SMILES string of the molecule is O=C1C[C@H]2CN(C(=O)Cn3nc(Cc4ccccc4)c4ccccc4c3=O)C[C@H]2N1. The van der Waals surface area contributed by atoms with Crippen LogP contribution in [0.1, 0.15) is 17.7 Å². The maximum Gasteiger partial charge on any atom is 0.275 e. The number of rotatable bonds is 4.